The van der Waals surface area contributed by atoms with E-state index in [2.05, 4.69) is 4.98 Å². The van der Waals surface area contributed by atoms with Crippen molar-refractivity contribution in [3.05, 3.63) is 17.8 Å². The van der Waals surface area contributed by atoms with Gasteiger partial charge in [0.1, 0.15) is 5.75 Å². The van der Waals surface area contributed by atoms with Gasteiger partial charge in [-0.2, -0.15) is 0 Å². The molecule has 1 N–H and O–H groups in total. The van der Waals surface area contributed by atoms with Crippen LogP contribution in [-0.2, 0) is 10.2 Å². The van der Waals surface area contributed by atoms with E-state index in [1.807, 2.05) is 0 Å². The van der Waals surface area contributed by atoms with Gasteiger partial charge in [0.2, 0.25) is 5.88 Å². The molecule has 0 fully saturated rings. The highest BCUT2D eigenvalue weighted by Gasteiger charge is 2.36. The molecule has 1 heterocycles. The smallest absolute Gasteiger partial charge is 0.313 e. The molecule has 1 rings (SSSR count). The summed E-state index contributed by atoms with van der Waals surface area (Å²) in [4.78, 5) is 15.2. The number of rotatable bonds is 4. The van der Waals surface area contributed by atoms with Crippen molar-refractivity contribution < 1.29 is 19.4 Å². The van der Waals surface area contributed by atoms with Crippen molar-refractivity contribution in [3.8, 4) is 11.6 Å². The van der Waals surface area contributed by atoms with Crippen molar-refractivity contribution in [2.24, 2.45) is 0 Å². The van der Waals surface area contributed by atoms with E-state index in [0.717, 1.165) is 0 Å². The summed E-state index contributed by atoms with van der Waals surface area (Å²) in [5.74, 6) is -0.233. The minimum Gasteiger partial charge on any atom is -0.496 e. The van der Waals surface area contributed by atoms with Crippen LogP contribution in [0.1, 0.15) is 19.4 Å². The van der Waals surface area contributed by atoms with Gasteiger partial charge in [-0.1, -0.05) is 0 Å². The van der Waals surface area contributed by atoms with Gasteiger partial charge in [-0.25, -0.2) is 4.98 Å². The SMILES string of the molecule is COc1ccnc(OC)c1C(C)(C)C(=O)O. The first-order valence-corrected chi connectivity index (χ1v) is 4.76. The van der Waals surface area contributed by atoms with Crippen LogP contribution in [0.4, 0.5) is 0 Å². The Morgan fingerprint density at radius 2 is 2.00 bits per heavy atom. The molecule has 0 atom stereocenters. The molecular weight excluding hydrogens is 210 g/mol. The summed E-state index contributed by atoms with van der Waals surface area (Å²) < 4.78 is 10.2. The van der Waals surface area contributed by atoms with E-state index in [1.165, 1.54) is 20.4 Å². The third-order valence-electron chi connectivity index (χ3n) is 2.45. The lowest BCUT2D eigenvalue weighted by Crippen LogP contribution is -2.30. The third kappa shape index (κ3) is 1.93. The van der Waals surface area contributed by atoms with Crippen LogP contribution in [0.5, 0.6) is 11.6 Å². The first-order chi connectivity index (χ1) is 7.45. The Morgan fingerprint density at radius 3 is 2.44 bits per heavy atom. The van der Waals surface area contributed by atoms with Gasteiger partial charge in [0.05, 0.1) is 25.2 Å². The summed E-state index contributed by atoms with van der Waals surface area (Å²) in [6.45, 7) is 3.16. The number of aromatic nitrogens is 1. The van der Waals surface area contributed by atoms with Crippen molar-refractivity contribution in [1.29, 1.82) is 0 Å². The molecule has 0 aromatic carbocycles. The number of methoxy groups -OCH3 is 2. The van der Waals surface area contributed by atoms with Crippen LogP contribution in [0.25, 0.3) is 0 Å². The standard InChI is InChI=1S/C11H15NO4/c1-11(2,10(13)14)8-7(15-3)5-6-12-9(8)16-4/h5-6H,1-4H3,(H,13,14). The monoisotopic (exact) mass is 225 g/mol. The summed E-state index contributed by atoms with van der Waals surface area (Å²) in [7, 11) is 2.93. The fraction of sp³-hybridized carbons (Fsp3) is 0.455. The van der Waals surface area contributed by atoms with E-state index >= 15 is 0 Å². The van der Waals surface area contributed by atoms with Crippen molar-refractivity contribution >= 4 is 5.97 Å². The van der Waals surface area contributed by atoms with Crippen LogP contribution in [0.3, 0.4) is 0 Å². The van der Waals surface area contributed by atoms with Gasteiger partial charge < -0.3 is 14.6 Å². The van der Waals surface area contributed by atoms with E-state index in [0.29, 0.717) is 11.3 Å². The fourth-order valence-corrected chi connectivity index (χ4v) is 1.43. The summed E-state index contributed by atoms with van der Waals surface area (Å²) in [5.41, 5.74) is -0.683. The number of hydrogen-bond donors (Lipinski definition) is 1. The highest BCUT2D eigenvalue weighted by molar-refractivity contribution is 5.82. The lowest BCUT2D eigenvalue weighted by Gasteiger charge is -2.23. The molecule has 5 nitrogen and oxygen atoms in total. The van der Waals surface area contributed by atoms with Gasteiger partial charge >= 0.3 is 5.97 Å². The normalized spacial score (nSPS) is 11.0. The van der Waals surface area contributed by atoms with Crippen LogP contribution in [0, 0.1) is 0 Å². The minimum absolute atomic E-state index is 0.270. The molecule has 0 saturated heterocycles. The molecule has 16 heavy (non-hydrogen) atoms. The Bertz CT molecular complexity index is 379. The first kappa shape index (κ1) is 12.3. The Kier molecular flexibility index (Phi) is 3.37. The van der Waals surface area contributed by atoms with E-state index < -0.39 is 11.4 Å². The molecule has 0 amide bonds. The summed E-state index contributed by atoms with van der Waals surface area (Å²) in [6, 6.07) is 1.61. The minimum atomic E-state index is -1.12. The topological polar surface area (TPSA) is 68.7 Å². The highest BCUT2D eigenvalue weighted by atomic mass is 16.5. The zero-order chi connectivity index (χ0) is 12.3. The molecule has 0 aliphatic heterocycles. The molecule has 0 saturated carbocycles. The predicted molar refractivity (Wildman–Crippen MR) is 58.0 cm³/mol. The van der Waals surface area contributed by atoms with E-state index in [1.54, 1.807) is 19.9 Å². The number of carboxylic acid groups (broad SMARTS) is 1. The maximum Gasteiger partial charge on any atom is 0.313 e. The molecule has 0 aliphatic carbocycles. The van der Waals surface area contributed by atoms with Gasteiger partial charge in [-0.05, 0) is 19.9 Å². The lowest BCUT2D eigenvalue weighted by atomic mass is 9.84. The number of aliphatic carboxylic acids is 1. The maximum absolute atomic E-state index is 11.2. The van der Waals surface area contributed by atoms with Crippen LogP contribution in [0.15, 0.2) is 12.3 Å². The number of hydrogen-bond acceptors (Lipinski definition) is 4. The average molecular weight is 225 g/mol. The van der Waals surface area contributed by atoms with Crippen LogP contribution < -0.4 is 9.47 Å². The second kappa shape index (κ2) is 4.38. The Labute approximate surface area is 94.0 Å². The Morgan fingerprint density at radius 1 is 1.38 bits per heavy atom. The molecule has 0 radical (unpaired) electrons. The summed E-state index contributed by atoms with van der Waals surface area (Å²) in [5, 5.41) is 9.20. The van der Waals surface area contributed by atoms with Gasteiger partial charge in [0.25, 0.3) is 0 Å². The van der Waals surface area contributed by atoms with Crippen LogP contribution >= 0.6 is 0 Å². The molecule has 1 aromatic heterocycles. The number of ether oxygens (including phenoxy) is 2. The highest BCUT2D eigenvalue weighted by Crippen LogP contribution is 2.37. The van der Waals surface area contributed by atoms with Gasteiger partial charge in [0, 0.05) is 6.20 Å². The zero-order valence-corrected chi connectivity index (χ0v) is 9.77. The molecular formula is C11H15NO4. The molecule has 1 aromatic rings. The zero-order valence-electron chi connectivity index (χ0n) is 9.77. The number of pyridine rings is 1. The molecule has 88 valence electrons. The van der Waals surface area contributed by atoms with Gasteiger partial charge in [-0.3, -0.25) is 4.79 Å². The number of carboxylic acids is 1. The fourth-order valence-electron chi connectivity index (χ4n) is 1.43. The second-order valence-corrected chi connectivity index (χ2v) is 3.83. The van der Waals surface area contributed by atoms with Gasteiger partial charge in [-0.15, -0.1) is 0 Å². The summed E-state index contributed by atoms with van der Waals surface area (Å²) >= 11 is 0. The molecule has 0 spiro atoms. The molecule has 0 bridgehead atoms. The largest absolute Gasteiger partial charge is 0.496 e. The number of carbonyl (C=O) groups is 1. The van der Waals surface area contributed by atoms with Crippen molar-refractivity contribution in [2.75, 3.05) is 14.2 Å². The second-order valence-electron chi connectivity index (χ2n) is 3.83. The molecule has 0 aliphatic rings. The first-order valence-electron chi connectivity index (χ1n) is 4.76. The van der Waals surface area contributed by atoms with E-state index in [-0.39, 0.29) is 5.88 Å². The van der Waals surface area contributed by atoms with Gasteiger partial charge in [0.15, 0.2) is 0 Å². The van der Waals surface area contributed by atoms with Crippen molar-refractivity contribution in [3.63, 3.8) is 0 Å². The van der Waals surface area contributed by atoms with Crippen LogP contribution in [0.2, 0.25) is 0 Å². The predicted octanol–water partition coefficient (Wildman–Crippen LogP) is 1.46. The Balaban J connectivity index is 3.45. The Hall–Kier alpha value is -1.78. The van der Waals surface area contributed by atoms with E-state index in [4.69, 9.17) is 9.47 Å². The molecule has 5 heteroatoms. The summed E-state index contributed by atoms with van der Waals surface area (Å²) in [6.07, 6.45) is 1.51. The van der Waals surface area contributed by atoms with E-state index in [9.17, 15) is 9.90 Å². The quantitative estimate of drug-likeness (QED) is 0.840. The molecule has 0 unspecified atom stereocenters. The van der Waals surface area contributed by atoms with Crippen molar-refractivity contribution in [2.45, 2.75) is 19.3 Å². The average Bonchev–Trinajstić information content (AvgIpc) is 2.27. The number of nitrogens with zero attached hydrogens (tertiary/aromatic N) is 1. The third-order valence-corrected chi connectivity index (χ3v) is 2.45. The maximum atomic E-state index is 11.2. The van der Waals surface area contributed by atoms with Crippen molar-refractivity contribution in [1.82, 2.24) is 4.98 Å². The van der Waals surface area contributed by atoms with Crippen LogP contribution in [-0.4, -0.2) is 30.3 Å². The lowest BCUT2D eigenvalue weighted by molar-refractivity contribution is -0.142.